The van der Waals surface area contributed by atoms with E-state index in [2.05, 4.69) is 34.6 Å². The molecule has 84 valence electrons. The molecule has 1 nitrogen and oxygen atoms in total. The minimum absolute atomic E-state index is 0.309. The highest BCUT2D eigenvalue weighted by Gasteiger charge is 2.40. The van der Waals surface area contributed by atoms with E-state index in [1.807, 2.05) is 0 Å². The van der Waals surface area contributed by atoms with E-state index in [1.54, 1.807) is 11.3 Å². The molecule has 0 saturated heterocycles. The van der Waals surface area contributed by atoms with Crippen molar-refractivity contribution in [3.63, 3.8) is 0 Å². The molecule has 1 aliphatic rings. The average molecular weight is 223 g/mol. The van der Waals surface area contributed by atoms with Crippen LogP contribution in [0.5, 0.6) is 0 Å². The molecule has 0 unspecified atom stereocenters. The summed E-state index contributed by atoms with van der Waals surface area (Å²) < 4.78 is 0. The SMILES string of the molecule is Cc1c(N)sc2c1C(C)(C)CCC2(C)C. The lowest BCUT2D eigenvalue weighted by molar-refractivity contribution is 0.337. The minimum Gasteiger partial charge on any atom is -0.390 e. The van der Waals surface area contributed by atoms with Gasteiger partial charge in [-0.05, 0) is 41.7 Å². The van der Waals surface area contributed by atoms with E-state index < -0.39 is 0 Å². The summed E-state index contributed by atoms with van der Waals surface area (Å²) >= 11 is 1.80. The first-order valence-electron chi connectivity index (χ1n) is 5.65. The van der Waals surface area contributed by atoms with Crippen LogP contribution >= 0.6 is 11.3 Å². The molecule has 0 radical (unpaired) electrons. The topological polar surface area (TPSA) is 26.0 Å². The molecule has 0 fully saturated rings. The van der Waals surface area contributed by atoms with E-state index >= 15 is 0 Å². The number of hydrogen-bond donors (Lipinski definition) is 1. The van der Waals surface area contributed by atoms with Crippen molar-refractivity contribution in [3.05, 3.63) is 16.0 Å². The Kier molecular flexibility index (Phi) is 2.20. The summed E-state index contributed by atoms with van der Waals surface area (Å²) in [5.41, 5.74) is 9.56. The van der Waals surface area contributed by atoms with Gasteiger partial charge in [-0.2, -0.15) is 0 Å². The Morgan fingerprint density at radius 1 is 1.07 bits per heavy atom. The van der Waals surface area contributed by atoms with Crippen LogP contribution in [0.15, 0.2) is 0 Å². The summed E-state index contributed by atoms with van der Waals surface area (Å²) in [4.78, 5) is 1.52. The van der Waals surface area contributed by atoms with Crippen molar-refractivity contribution < 1.29 is 0 Å². The van der Waals surface area contributed by atoms with E-state index in [0.717, 1.165) is 5.00 Å². The van der Waals surface area contributed by atoms with Crippen molar-refractivity contribution in [2.45, 2.75) is 58.3 Å². The lowest BCUT2D eigenvalue weighted by Crippen LogP contribution is -2.32. The molecule has 0 aromatic carbocycles. The molecule has 1 aromatic rings. The molecule has 0 saturated carbocycles. The number of fused-ring (bicyclic) bond motifs is 1. The molecule has 0 amide bonds. The second kappa shape index (κ2) is 3.00. The molecular weight excluding hydrogens is 202 g/mol. The van der Waals surface area contributed by atoms with Gasteiger partial charge in [0, 0.05) is 4.88 Å². The van der Waals surface area contributed by atoms with Crippen LogP contribution in [-0.2, 0) is 10.8 Å². The Bertz CT molecular complexity index is 399. The molecule has 15 heavy (non-hydrogen) atoms. The summed E-state index contributed by atoms with van der Waals surface area (Å²) in [6.07, 6.45) is 2.54. The van der Waals surface area contributed by atoms with Crippen LogP contribution in [-0.4, -0.2) is 0 Å². The summed E-state index contributed by atoms with van der Waals surface area (Å²) in [5.74, 6) is 0. The molecule has 0 aliphatic heterocycles. The smallest absolute Gasteiger partial charge is 0.0892 e. The summed E-state index contributed by atoms with van der Waals surface area (Å²) in [6.45, 7) is 11.6. The van der Waals surface area contributed by atoms with Crippen LogP contribution in [0.3, 0.4) is 0 Å². The maximum absolute atomic E-state index is 6.08. The molecule has 1 aliphatic carbocycles. The van der Waals surface area contributed by atoms with E-state index in [1.165, 1.54) is 28.8 Å². The van der Waals surface area contributed by atoms with Crippen LogP contribution < -0.4 is 5.73 Å². The third kappa shape index (κ3) is 1.50. The quantitative estimate of drug-likeness (QED) is 0.707. The van der Waals surface area contributed by atoms with Crippen LogP contribution in [0.1, 0.15) is 56.5 Å². The maximum Gasteiger partial charge on any atom is 0.0892 e. The fraction of sp³-hybridized carbons (Fsp3) is 0.692. The van der Waals surface area contributed by atoms with Gasteiger partial charge in [0.15, 0.2) is 0 Å². The standard InChI is InChI=1S/C13H21NS/c1-8-9-10(15-11(8)14)13(4,5)7-6-12(9,2)3/h6-7,14H2,1-5H3. The van der Waals surface area contributed by atoms with Gasteiger partial charge in [0.05, 0.1) is 5.00 Å². The van der Waals surface area contributed by atoms with Crippen molar-refractivity contribution in [1.82, 2.24) is 0 Å². The zero-order valence-corrected chi connectivity index (χ0v) is 11.2. The first-order chi connectivity index (χ1) is 6.76. The van der Waals surface area contributed by atoms with Crippen LogP contribution in [0.2, 0.25) is 0 Å². The predicted molar refractivity (Wildman–Crippen MR) is 68.8 cm³/mol. The Morgan fingerprint density at radius 3 is 2.13 bits per heavy atom. The van der Waals surface area contributed by atoms with Gasteiger partial charge in [-0.25, -0.2) is 0 Å². The molecule has 2 rings (SSSR count). The zero-order chi connectivity index (χ0) is 11.4. The predicted octanol–water partition coefficient (Wildman–Crippen LogP) is 3.99. The van der Waals surface area contributed by atoms with Gasteiger partial charge >= 0.3 is 0 Å². The molecule has 1 aromatic heterocycles. The van der Waals surface area contributed by atoms with Crippen molar-refractivity contribution in [1.29, 1.82) is 0 Å². The van der Waals surface area contributed by atoms with Crippen molar-refractivity contribution in [2.75, 3.05) is 5.73 Å². The second-order valence-electron chi connectivity index (χ2n) is 6.06. The monoisotopic (exact) mass is 223 g/mol. The third-order valence-electron chi connectivity index (χ3n) is 3.85. The molecular formula is C13H21NS. The van der Waals surface area contributed by atoms with Crippen molar-refractivity contribution in [3.8, 4) is 0 Å². The molecule has 0 spiro atoms. The number of rotatable bonds is 0. The van der Waals surface area contributed by atoms with Gasteiger partial charge in [0.25, 0.3) is 0 Å². The van der Waals surface area contributed by atoms with Gasteiger partial charge < -0.3 is 5.73 Å². The van der Waals surface area contributed by atoms with E-state index in [4.69, 9.17) is 5.73 Å². The van der Waals surface area contributed by atoms with Crippen molar-refractivity contribution in [2.24, 2.45) is 0 Å². The van der Waals surface area contributed by atoms with Gasteiger partial charge in [-0.15, -0.1) is 11.3 Å². The van der Waals surface area contributed by atoms with Gasteiger partial charge in [-0.1, -0.05) is 27.7 Å². The Balaban J connectivity index is 2.70. The number of nitrogens with two attached hydrogens (primary N) is 1. The highest BCUT2D eigenvalue weighted by atomic mass is 32.1. The minimum atomic E-state index is 0.309. The van der Waals surface area contributed by atoms with Gasteiger partial charge in [-0.3, -0.25) is 0 Å². The largest absolute Gasteiger partial charge is 0.390 e. The maximum atomic E-state index is 6.08. The average Bonchev–Trinajstić information content (AvgIpc) is 2.40. The molecule has 2 N–H and O–H groups in total. The Labute approximate surface area is 96.7 Å². The third-order valence-corrected chi connectivity index (χ3v) is 5.34. The van der Waals surface area contributed by atoms with Crippen molar-refractivity contribution >= 4 is 16.3 Å². The summed E-state index contributed by atoms with van der Waals surface area (Å²) in [7, 11) is 0. The lowest BCUT2D eigenvalue weighted by Gasteiger charge is -2.39. The van der Waals surface area contributed by atoms with E-state index in [9.17, 15) is 0 Å². The van der Waals surface area contributed by atoms with Gasteiger partial charge in [0.1, 0.15) is 0 Å². The first kappa shape index (κ1) is 11.0. The van der Waals surface area contributed by atoms with E-state index in [-0.39, 0.29) is 0 Å². The lowest BCUT2D eigenvalue weighted by atomic mass is 9.66. The molecule has 0 bridgehead atoms. The van der Waals surface area contributed by atoms with Crippen LogP contribution in [0, 0.1) is 6.92 Å². The number of thiophene rings is 1. The number of anilines is 1. The first-order valence-corrected chi connectivity index (χ1v) is 6.47. The molecule has 0 atom stereocenters. The zero-order valence-electron chi connectivity index (χ0n) is 10.4. The second-order valence-corrected chi connectivity index (χ2v) is 7.12. The summed E-state index contributed by atoms with van der Waals surface area (Å²) in [5, 5.41) is 1.02. The highest BCUT2D eigenvalue weighted by molar-refractivity contribution is 7.16. The summed E-state index contributed by atoms with van der Waals surface area (Å²) in [6, 6.07) is 0. The number of hydrogen-bond acceptors (Lipinski definition) is 2. The van der Waals surface area contributed by atoms with Crippen LogP contribution in [0.4, 0.5) is 5.00 Å². The highest BCUT2D eigenvalue weighted by Crippen LogP contribution is 2.52. The number of nitrogen functional groups attached to an aromatic ring is 1. The Hall–Kier alpha value is -0.500. The fourth-order valence-electron chi connectivity index (χ4n) is 2.69. The molecule has 2 heteroatoms. The van der Waals surface area contributed by atoms with E-state index in [0.29, 0.717) is 10.8 Å². The fourth-order valence-corrected chi connectivity index (χ4v) is 4.07. The molecule has 1 heterocycles. The van der Waals surface area contributed by atoms with Crippen LogP contribution in [0.25, 0.3) is 0 Å². The normalized spacial score (nSPS) is 22.5. The Morgan fingerprint density at radius 2 is 1.60 bits per heavy atom. The van der Waals surface area contributed by atoms with Gasteiger partial charge in [0.2, 0.25) is 0 Å².